The molecule has 1 atom stereocenters. The van der Waals surface area contributed by atoms with Crippen LogP contribution in [-0.4, -0.2) is 73.1 Å². The molecule has 2 saturated heterocycles. The van der Waals surface area contributed by atoms with Crippen molar-refractivity contribution in [3.8, 4) is 0 Å². The molecule has 0 aliphatic carbocycles. The highest BCUT2D eigenvalue weighted by Gasteiger charge is 2.35. The van der Waals surface area contributed by atoms with Crippen LogP contribution in [0.2, 0.25) is 0 Å². The standard InChI is InChI=1S/C19H27N3O3/c1-14-5-4-6-15(13-14)17(20(2)3)18(23)21-9-7-16(8-10-21)22-11-12-25-19(22)24/h4-6,13,16-17H,7-12H2,1-3H3/t17-/m1/s1. The smallest absolute Gasteiger partial charge is 0.410 e. The molecule has 0 unspecified atom stereocenters. The zero-order valence-electron chi connectivity index (χ0n) is 15.3. The summed E-state index contributed by atoms with van der Waals surface area (Å²) in [5.41, 5.74) is 2.18. The lowest BCUT2D eigenvalue weighted by Gasteiger charge is -2.38. The van der Waals surface area contributed by atoms with Gasteiger partial charge in [-0.15, -0.1) is 0 Å². The Bertz CT molecular complexity index is 639. The van der Waals surface area contributed by atoms with Crippen LogP contribution in [0.3, 0.4) is 0 Å². The molecule has 25 heavy (non-hydrogen) atoms. The molecule has 0 saturated carbocycles. The van der Waals surface area contributed by atoms with Crippen molar-refractivity contribution in [2.45, 2.75) is 31.8 Å². The van der Waals surface area contributed by atoms with Crippen LogP contribution in [0.1, 0.15) is 30.0 Å². The summed E-state index contributed by atoms with van der Waals surface area (Å²) in [5, 5.41) is 0. The van der Waals surface area contributed by atoms with Crippen molar-refractivity contribution in [2.24, 2.45) is 0 Å². The zero-order chi connectivity index (χ0) is 18.0. The number of nitrogens with zero attached hydrogens (tertiary/aromatic N) is 3. The Kier molecular flexibility index (Phi) is 5.27. The number of carbonyl (C=O) groups excluding carboxylic acids is 2. The van der Waals surface area contributed by atoms with Crippen LogP contribution in [0.5, 0.6) is 0 Å². The van der Waals surface area contributed by atoms with E-state index >= 15 is 0 Å². The number of ether oxygens (including phenoxy) is 1. The van der Waals surface area contributed by atoms with E-state index in [1.807, 2.05) is 53.9 Å². The predicted octanol–water partition coefficient (Wildman–Crippen LogP) is 2.04. The summed E-state index contributed by atoms with van der Waals surface area (Å²) in [7, 11) is 3.88. The van der Waals surface area contributed by atoms with Crippen LogP contribution in [0.4, 0.5) is 4.79 Å². The molecule has 2 aliphatic rings. The molecule has 0 aromatic heterocycles. The van der Waals surface area contributed by atoms with Crippen LogP contribution < -0.4 is 0 Å². The molecule has 2 aliphatic heterocycles. The summed E-state index contributed by atoms with van der Waals surface area (Å²) in [6, 6.07) is 8.06. The summed E-state index contributed by atoms with van der Waals surface area (Å²) in [4.78, 5) is 30.6. The molecule has 6 nitrogen and oxygen atoms in total. The second kappa shape index (κ2) is 7.44. The number of likely N-dealkylation sites (tertiary alicyclic amines) is 1. The number of aryl methyl sites for hydroxylation is 1. The predicted molar refractivity (Wildman–Crippen MR) is 95.3 cm³/mol. The van der Waals surface area contributed by atoms with Crippen LogP contribution in [0, 0.1) is 6.92 Å². The first-order chi connectivity index (χ1) is 12.0. The average Bonchev–Trinajstić information content (AvgIpc) is 3.01. The number of piperidine rings is 1. The maximum absolute atomic E-state index is 13.1. The first kappa shape index (κ1) is 17.7. The molecule has 0 spiro atoms. The third-order valence-corrected chi connectivity index (χ3v) is 5.12. The Labute approximate surface area is 149 Å². The van der Waals surface area contributed by atoms with E-state index in [2.05, 4.69) is 6.07 Å². The van der Waals surface area contributed by atoms with Gasteiger partial charge in [-0.25, -0.2) is 4.79 Å². The number of carbonyl (C=O) groups is 2. The van der Waals surface area contributed by atoms with E-state index in [0.717, 1.165) is 24.0 Å². The number of amides is 2. The Balaban J connectivity index is 1.67. The first-order valence-corrected chi connectivity index (χ1v) is 8.92. The minimum absolute atomic E-state index is 0.137. The van der Waals surface area contributed by atoms with Crippen LogP contribution in [-0.2, 0) is 9.53 Å². The fourth-order valence-electron chi connectivity index (χ4n) is 3.81. The molecule has 136 valence electrons. The van der Waals surface area contributed by atoms with Gasteiger partial charge in [0.25, 0.3) is 0 Å². The number of benzene rings is 1. The number of hydrogen-bond donors (Lipinski definition) is 0. The summed E-state index contributed by atoms with van der Waals surface area (Å²) >= 11 is 0. The Morgan fingerprint density at radius 3 is 2.52 bits per heavy atom. The van der Waals surface area contributed by atoms with E-state index in [-0.39, 0.29) is 24.1 Å². The fourth-order valence-corrected chi connectivity index (χ4v) is 3.81. The van der Waals surface area contributed by atoms with Crippen LogP contribution in [0.25, 0.3) is 0 Å². The van der Waals surface area contributed by atoms with Gasteiger partial charge >= 0.3 is 6.09 Å². The average molecular weight is 345 g/mol. The van der Waals surface area contributed by atoms with Gasteiger partial charge in [0, 0.05) is 19.1 Å². The van der Waals surface area contributed by atoms with Gasteiger partial charge in [0.05, 0.1) is 6.54 Å². The number of rotatable bonds is 4. The van der Waals surface area contributed by atoms with Gasteiger partial charge in [-0.05, 0) is 39.4 Å². The zero-order valence-corrected chi connectivity index (χ0v) is 15.3. The van der Waals surface area contributed by atoms with Gasteiger partial charge in [0.2, 0.25) is 5.91 Å². The molecule has 6 heteroatoms. The third-order valence-electron chi connectivity index (χ3n) is 5.12. The molecule has 0 N–H and O–H groups in total. The Morgan fingerprint density at radius 1 is 1.24 bits per heavy atom. The van der Waals surface area contributed by atoms with E-state index in [4.69, 9.17) is 4.74 Å². The third kappa shape index (κ3) is 3.79. The maximum Gasteiger partial charge on any atom is 0.410 e. The molecule has 2 amide bonds. The van der Waals surface area contributed by atoms with Crippen molar-refractivity contribution in [3.05, 3.63) is 35.4 Å². The molecule has 2 heterocycles. The van der Waals surface area contributed by atoms with Gasteiger partial charge in [-0.2, -0.15) is 0 Å². The summed E-state index contributed by atoms with van der Waals surface area (Å²) < 4.78 is 5.03. The summed E-state index contributed by atoms with van der Waals surface area (Å²) in [6.07, 6.45) is 1.42. The molecule has 0 radical (unpaired) electrons. The number of hydrogen-bond acceptors (Lipinski definition) is 4. The van der Waals surface area contributed by atoms with Crippen molar-refractivity contribution in [3.63, 3.8) is 0 Å². The minimum Gasteiger partial charge on any atom is -0.448 e. The second-order valence-corrected chi connectivity index (χ2v) is 7.14. The second-order valence-electron chi connectivity index (χ2n) is 7.14. The van der Waals surface area contributed by atoms with E-state index < -0.39 is 0 Å². The van der Waals surface area contributed by atoms with Crippen molar-refractivity contribution >= 4 is 12.0 Å². The van der Waals surface area contributed by atoms with Crippen molar-refractivity contribution in [2.75, 3.05) is 40.3 Å². The largest absolute Gasteiger partial charge is 0.448 e. The summed E-state index contributed by atoms with van der Waals surface area (Å²) in [6.45, 7) is 4.56. The highest BCUT2D eigenvalue weighted by molar-refractivity contribution is 5.83. The molecule has 2 fully saturated rings. The maximum atomic E-state index is 13.1. The number of cyclic esters (lactones) is 1. The van der Waals surface area contributed by atoms with Gasteiger partial charge in [0.15, 0.2) is 0 Å². The molecule has 1 aromatic rings. The fraction of sp³-hybridized carbons (Fsp3) is 0.579. The molecular formula is C19H27N3O3. The van der Waals surface area contributed by atoms with Crippen LogP contribution >= 0.6 is 0 Å². The monoisotopic (exact) mass is 345 g/mol. The normalized spacial score (nSPS) is 20.1. The first-order valence-electron chi connectivity index (χ1n) is 8.92. The van der Waals surface area contributed by atoms with E-state index in [1.165, 1.54) is 0 Å². The minimum atomic E-state index is -0.270. The van der Waals surface area contributed by atoms with E-state index in [9.17, 15) is 9.59 Å². The lowest BCUT2D eigenvalue weighted by Crippen LogP contribution is -2.49. The van der Waals surface area contributed by atoms with Gasteiger partial charge in [-0.3, -0.25) is 9.69 Å². The Hall–Kier alpha value is -2.08. The quantitative estimate of drug-likeness (QED) is 0.838. The van der Waals surface area contributed by atoms with Gasteiger partial charge in [0.1, 0.15) is 12.6 Å². The van der Waals surface area contributed by atoms with Crippen molar-refractivity contribution in [1.29, 1.82) is 0 Å². The van der Waals surface area contributed by atoms with Gasteiger partial charge < -0.3 is 14.5 Å². The lowest BCUT2D eigenvalue weighted by molar-refractivity contribution is -0.137. The lowest BCUT2D eigenvalue weighted by atomic mass is 9.99. The highest BCUT2D eigenvalue weighted by atomic mass is 16.6. The molecule has 0 bridgehead atoms. The van der Waals surface area contributed by atoms with E-state index in [0.29, 0.717) is 26.2 Å². The molecule has 1 aromatic carbocycles. The molecular weight excluding hydrogens is 318 g/mol. The number of likely N-dealkylation sites (N-methyl/N-ethyl adjacent to an activating group) is 1. The SMILES string of the molecule is Cc1cccc([C@H](C(=O)N2CCC(N3CCOC3=O)CC2)N(C)C)c1. The molecule has 3 rings (SSSR count). The van der Waals surface area contributed by atoms with E-state index in [1.54, 1.807) is 0 Å². The van der Waals surface area contributed by atoms with Gasteiger partial charge in [-0.1, -0.05) is 29.8 Å². The van der Waals surface area contributed by atoms with Crippen molar-refractivity contribution < 1.29 is 14.3 Å². The topological polar surface area (TPSA) is 53.1 Å². The summed E-state index contributed by atoms with van der Waals surface area (Å²) in [5.74, 6) is 0.137. The van der Waals surface area contributed by atoms with Crippen LogP contribution in [0.15, 0.2) is 24.3 Å². The highest BCUT2D eigenvalue weighted by Crippen LogP contribution is 2.26. The van der Waals surface area contributed by atoms with Crippen molar-refractivity contribution in [1.82, 2.24) is 14.7 Å². The Morgan fingerprint density at radius 2 is 1.96 bits per heavy atom.